The van der Waals surface area contributed by atoms with Gasteiger partial charge in [-0.1, -0.05) is 24.3 Å². The molecule has 0 atom stereocenters. The van der Waals surface area contributed by atoms with E-state index in [1.54, 1.807) is 7.11 Å². The number of H-pyrrole nitrogens is 1. The standard InChI is InChI=1S/C23H27N3O2/c1-28-20-8-5-7-19(16-20)25-12-14-26(15-13-25)23(27)11-4-6-18-17-24-22-10-3-2-9-21(18)22/h2-3,5,7-10,16-17,24H,4,6,11-15H2,1H3. The molecule has 5 heteroatoms. The number of methoxy groups -OCH3 is 1. The van der Waals surface area contributed by atoms with Gasteiger partial charge in [0.05, 0.1) is 7.11 Å². The lowest BCUT2D eigenvalue weighted by molar-refractivity contribution is -0.131. The van der Waals surface area contributed by atoms with Crippen LogP contribution in [-0.2, 0) is 11.2 Å². The maximum absolute atomic E-state index is 12.6. The second-order valence-electron chi connectivity index (χ2n) is 7.28. The molecule has 1 aliphatic heterocycles. The van der Waals surface area contributed by atoms with Gasteiger partial charge < -0.3 is 19.5 Å². The number of aromatic nitrogens is 1. The Morgan fingerprint density at radius 3 is 2.71 bits per heavy atom. The van der Waals surface area contributed by atoms with Crippen LogP contribution in [0.2, 0.25) is 0 Å². The maximum atomic E-state index is 12.6. The van der Waals surface area contributed by atoms with Crippen LogP contribution in [0.5, 0.6) is 5.75 Å². The summed E-state index contributed by atoms with van der Waals surface area (Å²) in [5.41, 5.74) is 3.62. The number of nitrogens with zero attached hydrogens (tertiary/aromatic N) is 2. The quantitative estimate of drug-likeness (QED) is 0.710. The third kappa shape index (κ3) is 3.98. The molecule has 1 aromatic heterocycles. The van der Waals surface area contributed by atoms with E-state index in [9.17, 15) is 4.79 Å². The van der Waals surface area contributed by atoms with Crippen molar-refractivity contribution in [1.82, 2.24) is 9.88 Å². The van der Waals surface area contributed by atoms with Gasteiger partial charge >= 0.3 is 0 Å². The Labute approximate surface area is 165 Å². The first kappa shape index (κ1) is 18.4. The highest BCUT2D eigenvalue weighted by atomic mass is 16.5. The molecule has 1 aliphatic rings. The van der Waals surface area contributed by atoms with Gasteiger partial charge in [0.25, 0.3) is 0 Å². The van der Waals surface area contributed by atoms with Gasteiger partial charge in [0.2, 0.25) is 5.91 Å². The number of para-hydroxylation sites is 1. The summed E-state index contributed by atoms with van der Waals surface area (Å²) in [6.07, 6.45) is 4.50. The number of aromatic amines is 1. The normalized spacial score (nSPS) is 14.5. The summed E-state index contributed by atoms with van der Waals surface area (Å²) in [6, 6.07) is 16.4. The SMILES string of the molecule is COc1cccc(N2CCN(C(=O)CCCc3c[nH]c4ccccc34)CC2)c1. The molecular weight excluding hydrogens is 350 g/mol. The number of piperazine rings is 1. The topological polar surface area (TPSA) is 48.6 Å². The largest absolute Gasteiger partial charge is 0.497 e. The molecule has 3 aromatic rings. The van der Waals surface area contributed by atoms with Gasteiger partial charge in [-0.3, -0.25) is 4.79 Å². The number of carbonyl (C=O) groups excluding carboxylic acids is 1. The fraction of sp³-hybridized carbons (Fsp3) is 0.348. The molecular formula is C23H27N3O2. The first-order chi connectivity index (χ1) is 13.7. The lowest BCUT2D eigenvalue weighted by Gasteiger charge is -2.36. The molecule has 0 spiro atoms. The molecule has 0 radical (unpaired) electrons. The lowest BCUT2D eigenvalue weighted by Crippen LogP contribution is -2.48. The van der Waals surface area contributed by atoms with Gasteiger partial charge in [0, 0.05) is 61.5 Å². The van der Waals surface area contributed by atoms with E-state index in [0.29, 0.717) is 6.42 Å². The Morgan fingerprint density at radius 1 is 1.07 bits per heavy atom. The molecule has 1 N–H and O–H groups in total. The number of aryl methyl sites for hydroxylation is 1. The van der Waals surface area contributed by atoms with Crippen LogP contribution in [0.3, 0.4) is 0 Å². The number of amides is 1. The summed E-state index contributed by atoms with van der Waals surface area (Å²) in [6.45, 7) is 3.29. The van der Waals surface area contributed by atoms with Crippen molar-refractivity contribution in [2.24, 2.45) is 0 Å². The zero-order valence-corrected chi connectivity index (χ0v) is 16.4. The highest BCUT2D eigenvalue weighted by Gasteiger charge is 2.21. The van der Waals surface area contributed by atoms with Crippen molar-refractivity contribution in [3.63, 3.8) is 0 Å². The molecule has 2 aromatic carbocycles. The zero-order valence-electron chi connectivity index (χ0n) is 16.4. The number of nitrogens with one attached hydrogen (secondary N) is 1. The van der Waals surface area contributed by atoms with E-state index in [1.165, 1.54) is 10.9 Å². The van der Waals surface area contributed by atoms with Crippen LogP contribution >= 0.6 is 0 Å². The maximum Gasteiger partial charge on any atom is 0.222 e. The van der Waals surface area contributed by atoms with E-state index in [0.717, 1.165) is 56.0 Å². The molecule has 28 heavy (non-hydrogen) atoms. The molecule has 2 heterocycles. The van der Waals surface area contributed by atoms with Crippen LogP contribution in [0.25, 0.3) is 10.9 Å². The number of benzene rings is 2. The van der Waals surface area contributed by atoms with Gasteiger partial charge in [0.15, 0.2) is 0 Å². The molecule has 0 saturated carbocycles. The molecule has 0 unspecified atom stereocenters. The molecule has 0 aliphatic carbocycles. The second kappa shape index (κ2) is 8.38. The third-order valence-electron chi connectivity index (χ3n) is 5.56. The smallest absolute Gasteiger partial charge is 0.222 e. The van der Waals surface area contributed by atoms with Crippen molar-refractivity contribution >= 4 is 22.5 Å². The summed E-state index contributed by atoms with van der Waals surface area (Å²) in [7, 11) is 1.69. The lowest BCUT2D eigenvalue weighted by atomic mass is 10.1. The van der Waals surface area contributed by atoms with Crippen LogP contribution in [-0.4, -0.2) is 49.1 Å². The highest BCUT2D eigenvalue weighted by Crippen LogP contribution is 2.23. The first-order valence-corrected chi connectivity index (χ1v) is 9.96. The predicted octanol–water partition coefficient (Wildman–Crippen LogP) is 3.85. The van der Waals surface area contributed by atoms with Crippen LogP contribution in [0.1, 0.15) is 18.4 Å². The average molecular weight is 377 g/mol. The number of fused-ring (bicyclic) bond motifs is 1. The van der Waals surface area contributed by atoms with Gasteiger partial charge in [-0.05, 0) is 36.6 Å². The van der Waals surface area contributed by atoms with E-state index < -0.39 is 0 Å². The van der Waals surface area contributed by atoms with Crippen molar-refractivity contribution in [2.45, 2.75) is 19.3 Å². The van der Waals surface area contributed by atoms with Crippen LogP contribution in [0.4, 0.5) is 5.69 Å². The van der Waals surface area contributed by atoms with E-state index in [-0.39, 0.29) is 5.91 Å². The summed E-state index contributed by atoms with van der Waals surface area (Å²) < 4.78 is 5.31. The minimum Gasteiger partial charge on any atom is -0.497 e. The number of hydrogen-bond acceptors (Lipinski definition) is 3. The van der Waals surface area contributed by atoms with Crippen molar-refractivity contribution in [2.75, 3.05) is 38.2 Å². The Morgan fingerprint density at radius 2 is 1.89 bits per heavy atom. The summed E-state index contributed by atoms with van der Waals surface area (Å²) in [4.78, 5) is 20.2. The molecule has 0 bridgehead atoms. The zero-order chi connectivity index (χ0) is 19.3. The van der Waals surface area contributed by atoms with Gasteiger partial charge in [-0.25, -0.2) is 0 Å². The Bertz CT molecular complexity index is 942. The fourth-order valence-corrected chi connectivity index (χ4v) is 3.95. The summed E-state index contributed by atoms with van der Waals surface area (Å²) in [5, 5.41) is 1.27. The van der Waals surface area contributed by atoms with E-state index in [2.05, 4.69) is 46.4 Å². The van der Waals surface area contributed by atoms with Crippen LogP contribution in [0, 0.1) is 0 Å². The van der Waals surface area contributed by atoms with Crippen molar-refractivity contribution in [1.29, 1.82) is 0 Å². The summed E-state index contributed by atoms with van der Waals surface area (Å²) >= 11 is 0. The predicted molar refractivity (Wildman–Crippen MR) is 113 cm³/mol. The molecule has 1 amide bonds. The Kier molecular flexibility index (Phi) is 5.51. The number of rotatable bonds is 6. The van der Waals surface area contributed by atoms with Crippen LogP contribution < -0.4 is 9.64 Å². The van der Waals surface area contributed by atoms with Crippen molar-refractivity contribution < 1.29 is 9.53 Å². The van der Waals surface area contributed by atoms with E-state index >= 15 is 0 Å². The minimum absolute atomic E-state index is 0.269. The number of anilines is 1. The summed E-state index contributed by atoms with van der Waals surface area (Å²) in [5.74, 6) is 1.14. The number of carbonyl (C=O) groups is 1. The highest BCUT2D eigenvalue weighted by molar-refractivity contribution is 5.83. The average Bonchev–Trinajstić information content (AvgIpc) is 3.17. The second-order valence-corrected chi connectivity index (χ2v) is 7.28. The van der Waals surface area contributed by atoms with E-state index in [4.69, 9.17) is 4.74 Å². The fourth-order valence-electron chi connectivity index (χ4n) is 3.95. The Balaban J connectivity index is 1.26. The van der Waals surface area contributed by atoms with E-state index in [1.807, 2.05) is 23.1 Å². The molecule has 4 rings (SSSR count). The molecule has 1 saturated heterocycles. The van der Waals surface area contributed by atoms with Gasteiger partial charge in [-0.2, -0.15) is 0 Å². The van der Waals surface area contributed by atoms with Gasteiger partial charge in [-0.15, -0.1) is 0 Å². The molecule has 146 valence electrons. The van der Waals surface area contributed by atoms with Crippen LogP contribution in [0.15, 0.2) is 54.7 Å². The molecule has 1 fully saturated rings. The number of ether oxygens (including phenoxy) is 1. The minimum atomic E-state index is 0.269. The third-order valence-corrected chi connectivity index (χ3v) is 5.56. The first-order valence-electron chi connectivity index (χ1n) is 9.96. The number of hydrogen-bond donors (Lipinski definition) is 1. The Hall–Kier alpha value is -2.95. The molecule has 5 nitrogen and oxygen atoms in total. The van der Waals surface area contributed by atoms with Crippen molar-refractivity contribution in [3.05, 3.63) is 60.3 Å². The monoisotopic (exact) mass is 377 g/mol. The van der Waals surface area contributed by atoms with Crippen molar-refractivity contribution in [3.8, 4) is 5.75 Å². The van der Waals surface area contributed by atoms with Gasteiger partial charge in [0.1, 0.15) is 5.75 Å².